The Kier molecular flexibility index (Phi) is 7.37. The van der Waals surface area contributed by atoms with Crippen LogP contribution in [-0.4, -0.2) is 54.0 Å². The first-order valence-corrected chi connectivity index (χ1v) is 10.4. The van der Waals surface area contributed by atoms with Crippen molar-refractivity contribution in [3.8, 4) is 0 Å². The molecule has 0 aromatic heterocycles. The standard InChI is InChI=1S/C20H34N4O3.ClH/c1-4-19(2,3)14-5-9-20(10-6-14)17(26)24(18(27)23-20)13-16(25)22-15-7-11-21-12-8-15;/h14-15,21H,4-13H2,1-3H3,(H,22,25)(H,23,27);1H. The van der Waals surface area contributed by atoms with Gasteiger partial charge in [-0.15, -0.1) is 12.4 Å². The lowest BCUT2D eigenvalue weighted by Gasteiger charge is -2.42. The van der Waals surface area contributed by atoms with E-state index < -0.39 is 11.6 Å². The van der Waals surface area contributed by atoms with Gasteiger partial charge in [0.25, 0.3) is 5.91 Å². The summed E-state index contributed by atoms with van der Waals surface area (Å²) in [5, 5.41) is 9.13. The van der Waals surface area contributed by atoms with E-state index in [-0.39, 0.29) is 42.2 Å². The quantitative estimate of drug-likeness (QED) is 0.601. The van der Waals surface area contributed by atoms with Gasteiger partial charge in [-0.2, -0.15) is 0 Å². The van der Waals surface area contributed by atoms with Gasteiger partial charge in [0.2, 0.25) is 5.91 Å². The van der Waals surface area contributed by atoms with E-state index >= 15 is 0 Å². The maximum absolute atomic E-state index is 13.0. The van der Waals surface area contributed by atoms with Gasteiger partial charge in [-0.25, -0.2) is 4.79 Å². The van der Waals surface area contributed by atoms with Gasteiger partial charge in [-0.3, -0.25) is 14.5 Å². The molecule has 3 fully saturated rings. The third kappa shape index (κ3) is 4.62. The number of piperidine rings is 1. The van der Waals surface area contributed by atoms with Gasteiger partial charge >= 0.3 is 6.03 Å². The van der Waals surface area contributed by atoms with Crippen LogP contribution in [0.3, 0.4) is 0 Å². The molecular formula is C20H35ClN4O3. The summed E-state index contributed by atoms with van der Waals surface area (Å²) < 4.78 is 0. The molecule has 160 valence electrons. The fraction of sp³-hybridized carbons (Fsp3) is 0.850. The highest BCUT2D eigenvalue weighted by atomic mass is 35.5. The van der Waals surface area contributed by atoms with E-state index in [0.717, 1.165) is 50.1 Å². The highest BCUT2D eigenvalue weighted by molar-refractivity contribution is 6.09. The fourth-order valence-electron chi connectivity index (χ4n) is 4.72. The Labute approximate surface area is 174 Å². The van der Waals surface area contributed by atoms with Crippen LogP contribution in [-0.2, 0) is 9.59 Å². The largest absolute Gasteiger partial charge is 0.352 e. The summed E-state index contributed by atoms with van der Waals surface area (Å²) in [5.41, 5.74) is -0.547. The van der Waals surface area contributed by atoms with Gasteiger partial charge in [-0.1, -0.05) is 27.2 Å². The third-order valence-electron chi connectivity index (χ3n) is 7.11. The summed E-state index contributed by atoms with van der Waals surface area (Å²) in [5.74, 6) is 0.0963. The predicted octanol–water partition coefficient (Wildman–Crippen LogP) is 2.19. The number of amides is 4. The van der Waals surface area contributed by atoms with Crippen LogP contribution in [0.4, 0.5) is 4.79 Å². The van der Waals surface area contributed by atoms with E-state index in [0.29, 0.717) is 18.8 Å². The van der Waals surface area contributed by atoms with E-state index in [2.05, 4.69) is 36.7 Å². The van der Waals surface area contributed by atoms with Gasteiger partial charge in [0.1, 0.15) is 12.1 Å². The van der Waals surface area contributed by atoms with Gasteiger partial charge in [0.15, 0.2) is 0 Å². The minimum Gasteiger partial charge on any atom is -0.352 e. The molecule has 2 saturated heterocycles. The summed E-state index contributed by atoms with van der Waals surface area (Å²) in [7, 11) is 0. The van der Waals surface area contributed by atoms with Crippen molar-refractivity contribution < 1.29 is 14.4 Å². The molecule has 0 atom stereocenters. The lowest BCUT2D eigenvalue weighted by Crippen LogP contribution is -2.51. The zero-order chi connectivity index (χ0) is 19.7. The van der Waals surface area contributed by atoms with Crippen LogP contribution in [0.5, 0.6) is 0 Å². The number of carbonyl (C=O) groups is 3. The monoisotopic (exact) mass is 414 g/mol. The maximum atomic E-state index is 13.0. The van der Waals surface area contributed by atoms with Crippen LogP contribution in [0.25, 0.3) is 0 Å². The van der Waals surface area contributed by atoms with Crippen molar-refractivity contribution >= 4 is 30.3 Å². The molecule has 3 rings (SSSR count). The second kappa shape index (κ2) is 8.99. The first kappa shape index (κ1) is 22.9. The van der Waals surface area contributed by atoms with Gasteiger partial charge in [0, 0.05) is 6.04 Å². The SMILES string of the molecule is CCC(C)(C)C1CCC2(CC1)NC(=O)N(CC(=O)NC1CCNCC1)C2=O.Cl. The minimum absolute atomic E-state index is 0. The Bertz CT molecular complexity index is 596. The van der Waals surface area contributed by atoms with Crippen molar-refractivity contribution in [3.05, 3.63) is 0 Å². The summed E-state index contributed by atoms with van der Waals surface area (Å²) >= 11 is 0. The van der Waals surface area contributed by atoms with Crippen LogP contribution in [0.2, 0.25) is 0 Å². The molecule has 3 N–H and O–H groups in total. The first-order chi connectivity index (χ1) is 12.8. The first-order valence-electron chi connectivity index (χ1n) is 10.4. The zero-order valence-corrected chi connectivity index (χ0v) is 18.1. The highest BCUT2D eigenvalue weighted by Crippen LogP contribution is 2.45. The molecule has 7 nitrogen and oxygen atoms in total. The average molecular weight is 415 g/mol. The van der Waals surface area contributed by atoms with Crippen molar-refractivity contribution in [1.82, 2.24) is 20.9 Å². The lowest BCUT2D eigenvalue weighted by atomic mass is 9.65. The molecule has 2 aliphatic heterocycles. The molecule has 28 heavy (non-hydrogen) atoms. The Morgan fingerprint density at radius 3 is 2.36 bits per heavy atom. The Balaban J connectivity index is 0.00000280. The van der Waals surface area contributed by atoms with Crippen LogP contribution in [0.1, 0.15) is 65.7 Å². The van der Waals surface area contributed by atoms with E-state index in [4.69, 9.17) is 0 Å². The van der Waals surface area contributed by atoms with Gasteiger partial charge < -0.3 is 16.0 Å². The number of rotatable bonds is 5. The zero-order valence-electron chi connectivity index (χ0n) is 17.3. The minimum atomic E-state index is -0.799. The molecule has 4 amide bonds. The number of hydrogen-bond donors (Lipinski definition) is 3. The number of nitrogens with zero attached hydrogens (tertiary/aromatic N) is 1. The highest BCUT2D eigenvalue weighted by Gasteiger charge is 2.53. The number of nitrogens with one attached hydrogen (secondary N) is 3. The van der Waals surface area contributed by atoms with Gasteiger partial charge in [-0.05, 0) is 62.9 Å². The molecule has 0 bridgehead atoms. The predicted molar refractivity (Wildman–Crippen MR) is 110 cm³/mol. The number of halogens is 1. The molecule has 0 unspecified atom stereocenters. The molecule has 1 spiro atoms. The van der Waals surface area contributed by atoms with Crippen LogP contribution in [0.15, 0.2) is 0 Å². The molecule has 1 aliphatic carbocycles. The normalized spacial score (nSPS) is 28.8. The molecule has 1 saturated carbocycles. The second-order valence-electron chi connectivity index (χ2n) is 9.11. The van der Waals surface area contributed by atoms with Crippen LogP contribution in [0, 0.1) is 11.3 Å². The summed E-state index contributed by atoms with van der Waals surface area (Å²) in [6.07, 6.45) is 6.06. The van der Waals surface area contributed by atoms with Crippen LogP contribution >= 0.6 is 12.4 Å². The van der Waals surface area contributed by atoms with Crippen molar-refractivity contribution in [2.75, 3.05) is 19.6 Å². The van der Waals surface area contributed by atoms with E-state index in [1.807, 2.05) is 0 Å². The number of hydrogen-bond acceptors (Lipinski definition) is 4. The van der Waals surface area contributed by atoms with E-state index in [1.165, 1.54) is 0 Å². The Hall–Kier alpha value is -1.34. The number of imide groups is 1. The molecule has 8 heteroatoms. The number of urea groups is 1. The fourth-order valence-corrected chi connectivity index (χ4v) is 4.72. The van der Waals surface area contributed by atoms with Crippen molar-refractivity contribution in [1.29, 1.82) is 0 Å². The van der Waals surface area contributed by atoms with Gasteiger partial charge in [0.05, 0.1) is 0 Å². The van der Waals surface area contributed by atoms with E-state index in [1.54, 1.807) is 0 Å². The second-order valence-corrected chi connectivity index (χ2v) is 9.11. The Morgan fingerprint density at radius 1 is 1.18 bits per heavy atom. The average Bonchev–Trinajstić information content (AvgIpc) is 2.87. The smallest absolute Gasteiger partial charge is 0.325 e. The molecule has 3 aliphatic rings. The van der Waals surface area contributed by atoms with Crippen molar-refractivity contribution in [2.45, 2.75) is 77.3 Å². The van der Waals surface area contributed by atoms with Crippen molar-refractivity contribution in [2.24, 2.45) is 11.3 Å². The number of carbonyl (C=O) groups excluding carboxylic acids is 3. The topological polar surface area (TPSA) is 90.5 Å². The van der Waals surface area contributed by atoms with Crippen molar-refractivity contribution in [3.63, 3.8) is 0 Å². The summed E-state index contributed by atoms with van der Waals surface area (Å²) in [6, 6.07) is -0.297. The Morgan fingerprint density at radius 2 is 1.79 bits per heavy atom. The maximum Gasteiger partial charge on any atom is 0.325 e. The molecule has 0 aromatic carbocycles. The summed E-state index contributed by atoms with van der Waals surface area (Å²) in [6.45, 7) is 8.35. The van der Waals surface area contributed by atoms with E-state index in [9.17, 15) is 14.4 Å². The molecule has 0 radical (unpaired) electrons. The summed E-state index contributed by atoms with van der Waals surface area (Å²) in [4.78, 5) is 38.9. The molecule has 2 heterocycles. The third-order valence-corrected chi connectivity index (χ3v) is 7.11. The molecule has 0 aromatic rings. The van der Waals surface area contributed by atoms with Crippen LogP contribution < -0.4 is 16.0 Å². The lowest BCUT2D eigenvalue weighted by molar-refractivity contribution is -0.136. The molecular weight excluding hydrogens is 380 g/mol.